The van der Waals surface area contributed by atoms with E-state index in [2.05, 4.69) is 6.92 Å². The second-order valence-corrected chi connectivity index (χ2v) is 8.73. The van der Waals surface area contributed by atoms with Crippen molar-refractivity contribution in [2.24, 2.45) is 0 Å². The van der Waals surface area contributed by atoms with Gasteiger partial charge >= 0.3 is 0 Å². The summed E-state index contributed by atoms with van der Waals surface area (Å²) in [7, 11) is 3.21. The summed E-state index contributed by atoms with van der Waals surface area (Å²) in [6.45, 7) is 5.15. The number of hydrogen-bond acceptors (Lipinski definition) is 6. The van der Waals surface area contributed by atoms with Crippen molar-refractivity contribution in [3.63, 3.8) is 0 Å². The Morgan fingerprint density at radius 3 is 2.40 bits per heavy atom. The van der Waals surface area contributed by atoms with E-state index in [4.69, 9.17) is 23.7 Å². The fourth-order valence-corrected chi connectivity index (χ4v) is 4.45. The molecule has 2 saturated heterocycles. The molecule has 0 aliphatic carbocycles. The molecular formula is C28H35NO6. The molecule has 2 aromatic carbocycles. The quantitative estimate of drug-likeness (QED) is 0.514. The SMILES string of the molecule is CCCC1CCOC(c2ccc(/C(=C\C(=O)N3CCOCC3)c3ccc(OC)c(OC)c3)cc2)O1. The lowest BCUT2D eigenvalue weighted by molar-refractivity contribution is -0.218. The fourth-order valence-electron chi connectivity index (χ4n) is 4.45. The Balaban J connectivity index is 1.64. The van der Waals surface area contributed by atoms with Gasteiger partial charge in [0.1, 0.15) is 0 Å². The van der Waals surface area contributed by atoms with Crippen LogP contribution in [0.5, 0.6) is 11.5 Å². The highest BCUT2D eigenvalue weighted by molar-refractivity contribution is 5.99. The molecule has 2 aromatic rings. The van der Waals surface area contributed by atoms with Crippen molar-refractivity contribution >= 4 is 11.5 Å². The van der Waals surface area contributed by atoms with Crippen molar-refractivity contribution in [2.45, 2.75) is 38.6 Å². The normalized spacial score (nSPS) is 21.0. The van der Waals surface area contributed by atoms with Crippen LogP contribution in [-0.4, -0.2) is 64.0 Å². The number of methoxy groups -OCH3 is 2. The molecule has 2 aliphatic heterocycles. The fraction of sp³-hybridized carbons (Fsp3) is 0.464. The van der Waals surface area contributed by atoms with Crippen LogP contribution in [0.3, 0.4) is 0 Å². The van der Waals surface area contributed by atoms with Crippen molar-refractivity contribution in [1.82, 2.24) is 4.90 Å². The summed E-state index contributed by atoms with van der Waals surface area (Å²) in [6, 6.07) is 13.8. The Morgan fingerprint density at radius 1 is 1.00 bits per heavy atom. The van der Waals surface area contributed by atoms with Gasteiger partial charge in [-0.1, -0.05) is 43.7 Å². The van der Waals surface area contributed by atoms with Gasteiger partial charge in [-0.3, -0.25) is 4.79 Å². The van der Waals surface area contributed by atoms with E-state index in [1.54, 1.807) is 20.3 Å². The lowest BCUT2D eigenvalue weighted by atomic mass is 9.95. The number of carbonyl (C=O) groups is 1. The summed E-state index contributed by atoms with van der Waals surface area (Å²) < 4.78 is 28.4. The van der Waals surface area contributed by atoms with Crippen LogP contribution in [0.25, 0.3) is 5.57 Å². The minimum Gasteiger partial charge on any atom is -0.493 e. The minimum atomic E-state index is -0.363. The molecule has 2 unspecified atom stereocenters. The summed E-state index contributed by atoms with van der Waals surface area (Å²) in [5, 5.41) is 0. The average molecular weight is 482 g/mol. The number of benzene rings is 2. The number of rotatable bonds is 8. The van der Waals surface area contributed by atoms with E-state index in [1.165, 1.54) is 0 Å². The van der Waals surface area contributed by atoms with Crippen LogP contribution in [0.1, 0.15) is 49.2 Å². The molecule has 2 atom stereocenters. The zero-order valence-corrected chi connectivity index (χ0v) is 20.8. The third-order valence-corrected chi connectivity index (χ3v) is 6.41. The Morgan fingerprint density at radius 2 is 1.71 bits per heavy atom. The standard InChI is InChI=1S/C28H35NO6/c1-4-5-23-12-15-34-28(35-23)21-8-6-20(7-9-21)24(19-27(30)29-13-16-33-17-14-29)22-10-11-25(31-2)26(18-22)32-3/h6-11,18-19,23,28H,4-5,12-17H2,1-3H3/b24-19+. The van der Waals surface area contributed by atoms with Gasteiger partial charge in [-0.05, 0) is 41.7 Å². The Labute approximate surface area is 207 Å². The molecule has 0 bridgehead atoms. The second kappa shape index (κ2) is 12.2. The van der Waals surface area contributed by atoms with Gasteiger partial charge in [-0.15, -0.1) is 0 Å². The maximum Gasteiger partial charge on any atom is 0.247 e. The molecule has 2 heterocycles. The van der Waals surface area contributed by atoms with Crippen LogP contribution >= 0.6 is 0 Å². The minimum absolute atomic E-state index is 0.0384. The molecule has 1 amide bonds. The summed E-state index contributed by atoms with van der Waals surface area (Å²) >= 11 is 0. The van der Waals surface area contributed by atoms with Crippen molar-refractivity contribution in [3.05, 3.63) is 65.2 Å². The highest BCUT2D eigenvalue weighted by atomic mass is 16.7. The van der Waals surface area contributed by atoms with Gasteiger partial charge in [-0.25, -0.2) is 0 Å². The zero-order chi connectivity index (χ0) is 24.6. The van der Waals surface area contributed by atoms with E-state index >= 15 is 0 Å². The number of nitrogens with zero attached hydrogens (tertiary/aromatic N) is 1. The predicted octanol–water partition coefficient (Wildman–Crippen LogP) is 4.60. The molecule has 4 rings (SSSR count). The molecule has 7 heteroatoms. The van der Waals surface area contributed by atoms with Crippen LogP contribution in [0.15, 0.2) is 48.5 Å². The molecule has 35 heavy (non-hydrogen) atoms. The highest BCUT2D eigenvalue weighted by Gasteiger charge is 2.24. The number of hydrogen-bond donors (Lipinski definition) is 0. The molecule has 188 valence electrons. The van der Waals surface area contributed by atoms with Crippen molar-refractivity contribution in [3.8, 4) is 11.5 Å². The first kappa shape index (κ1) is 25.2. The van der Waals surface area contributed by atoms with Gasteiger partial charge in [0.2, 0.25) is 5.91 Å². The van der Waals surface area contributed by atoms with E-state index in [1.807, 2.05) is 47.4 Å². The summed E-state index contributed by atoms with van der Waals surface area (Å²) in [5.41, 5.74) is 3.57. The van der Waals surface area contributed by atoms with E-state index < -0.39 is 0 Å². The van der Waals surface area contributed by atoms with E-state index in [0.717, 1.165) is 41.5 Å². The molecule has 0 aromatic heterocycles. The Kier molecular flexibility index (Phi) is 8.79. The summed E-state index contributed by atoms with van der Waals surface area (Å²) in [6.07, 6.45) is 4.62. The van der Waals surface area contributed by atoms with E-state index in [-0.39, 0.29) is 18.3 Å². The Hall–Kier alpha value is -2.87. The molecule has 2 aliphatic rings. The van der Waals surface area contributed by atoms with Crippen LogP contribution in [0, 0.1) is 0 Å². The van der Waals surface area contributed by atoms with Crippen LogP contribution in [0.4, 0.5) is 0 Å². The van der Waals surface area contributed by atoms with Gasteiger partial charge < -0.3 is 28.6 Å². The first-order valence-electron chi connectivity index (χ1n) is 12.3. The van der Waals surface area contributed by atoms with Crippen LogP contribution < -0.4 is 9.47 Å². The first-order valence-corrected chi connectivity index (χ1v) is 12.3. The highest BCUT2D eigenvalue weighted by Crippen LogP contribution is 2.34. The summed E-state index contributed by atoms with van der Waals surface area (Å²) in [4.78, 5) is 15.0. The molecule has 7 nitrogen and oxygen atoms in total. The molecule has 0 N–H and O–H groups in total. The Bertz CT molecular complexity index is 1010. The smallest absolute Gasteiger partial charge is 0.247 e. The molecule has 2 fully saturated rings. The van der Waals surface area contributed by atoms with Gasteiger partial charge in [0, 0.05) is 24.7 Å². The van der Waals surface area contributed by atoms with Crippen LogP contribution in [0.2, 0.25) is 0 Å². The third-order valence-electron chi connectivity index (χ3n) is 6.41. The third kappa shape index (κ3) is 6.23. The lowest BCUT2D eigenvalue weighted by Gasteiger charge is -2.30. The maximum atomic E-state index is 13.1. The molecular weight excluding hydrogens is 446 g/mol. The number of amides is 1. The second-order valence-electron chi connectivity index (χ2n) is 8.73. The van der Waals surface area contributed by atoms with Crippen molar-refractivity contribution in [2.75, 3.05) is 47.1 Å². The topological polar surface area (TPSA) is 66.5 Å². The van der Waals surface area contributed by atoms with Gasteiger partial charge in [0.15, 0.2) is 17.8 Å². The van der Waals surface area contributed by atoms with E-state index in [0.29, 0.717) is 44.4 Å². The zero-order valence-electron chi connectivity index (χ0n) is 20.8. The monoisotopic (exact) mass is 481 g/mol. The maximum absolute atomic E-state index is 13.1. The molecule has 0 spiro atoms. The summed E-state index contributed by atoms with van der Waals surface area (Å²) in [5.74, 6) is 1.21. The predicted molar refractivity (Wildman–Crippen MR) is 134 cm³/mol. The number of carbonyl (C=O) groups excluding carboxylic acids is 1. The van der Waals surface area contributed by atoms with Crippen molar-refractivity contribution in [1.29, 1.82) is 0 Å². The number of morpholine rings is 1. The van der Waals surface area contributed by atoms with E-state index in [9.17, 15) is 4.79 Å². The molecule has 0 radical (unpaired) electrons. The van der Waals surface area contributed by atoms with Gasteiger partial charge in [-0.2, -0.15) is 0 Å². The van der Waals surface area contributed by atoms with Gasteiger partial charge in [0.25, 0.3) is 0 Å². The molecule has 0 saturated carbocycles. The van der Waals surface area contributed by atoms with Crippen LogP contribution in [-0.2, 0) is 19.0 Å². The van der Waals surface area contributed by atoms with Crippen molar-refractivity contribution < 1.29 is 28.5 Å². The van der Waals surface area contributed by atoms with Gasteiger partial charge in [0.05, 0.1) is 40.1 Å². The first-order chi connectivity index (χ1) is 17.1. The average Bonchev–Trinajstić information content (AvgIpc) is 2.92. The largest absolute Gasteiger partial charge is 0.493 e. The lowest BCUT2D eigenvalue weighted by Crippen LogP contribution is -2.39. The number of ether oxygens (including phenoxy) is 5.